The molecule has 0 aromatic carbocycles. The number of ether oxygens (including phenoxy) is 1. The largest absolute Gasteiger partial charge is 0.466 e. The van der Waals surface area contributed by atoms with Crippen LogP contribution in [0.5, 0.6) is 0 Å². The Morgan fingerprint density at radius 1 is 1.40 bits per heavy atom. The number of carbonyl (C=O) groups excluding carboxylic acids is 1. The molecule has 3 heteroatoms. The van der Waals surface area contributed by atoms with Gasteiger partial charge >= 0.3 is 5.97 Å². The second-order valence-corrected chi connectivity index (χ2v) is 4.86. The van der Waals surface area contributed by atoms with Gasteiger partial charge < -0.3 is 10.1 Å². The van der Waals surface area contributed by atoms with Crippen molar-refractivity contribution in [2.24, 2.45) is 11.3 Å². The summed E-state index contributed by atoms with van der Waals surface area (Å²) in [5.41, 5.74) is 0.227. The van der Waals surface area contributed by atoms with E-state index in [0.717, 1.165) is 13.1 Å². The SMILES string of the molecule is CCOC(=O)[C@@H]1CNCC12CCCCC2. The van der Waals surface area contributed by atoms with Crippen molar-refractivity contribution in [3.05, 3.63) is 0 Å². The average molecular weight is 211 g/mol. The van der Waals surface area contributed by atoms with Gasteiger partial charge in [0.1, 0.15) is 0 Å². The van der Waals surface area contributed by atoms with Crippen LogP contribution in [-0.4, -0.2) is 25.7 Å². The van der Waals surface area contributed by atoms with Crippen molar-refractivity contribution in [2.75, 3.05) is 19.7 Å². The first-order chi connectivity index (χ1) is 7.28. The van der Waals surface area contributed by atoms with E-state index in [1.54, 1.807) is 0 Å². The number of hydrogen-bond donors (Lipinski definition) is 1. The van der Waals surface area contributed by atoms with Gasteiger partial charge in [0.05, 0.1) is 12.5 Å². The Morgan fingerprint density at radius 3 is 2.80 bits per heavy atom. The highest BCUT2D eigenvalue weighted by Crippen LogP contribution is 2.45. The second-order valence-electron chi connectivity index (χ2n) is 4.86. The standard InChI is InChI=1S/C12H21NO2/c1-2-15-11(14)10-8-13-9-12(10)6-4-3-5-7-12/h10,13H,2-9H2,1H3/t10-/m0/s1. The van der Waals surface area contributed by atoms with Crippen molar-refractivity contribution >= 4 is 5.97 Å². The summed E-state index contributed by atoms with van der Waals surface area (Å²) in [5, 5.41) is 3.37. The second kappa shape index (κ2) is 4.52. The maximum Gasteiger partial charge on any atom is 0.310 e. The molecule has 1 N–H and O–H groups in total. The maximum absolute atomic E-state index is 11.9. The fourth-order valence-corrected chi connectivity index (χ4v) is 3.16. The van der Waals surface area contributed by atoms with Gasteiger partial charge in [0, 0.05) is 13.1 Å². The number of carbonyl (C=O) groups is 1. The van der Waals surface area contributed by atoms with Gasteiger partial charge in [0.2, 0.25) is 0 Å². The average Bonchev–Trinajstić information content (AvgIpc) is 2.63. The first-order valence-corrected chi connectivity index (χ1v) is 6.16. The van der Waals surface area contributed by atoms with E-state index < -0.39 is 0 Å². The lowest BCUT2D eigenvalue weighted by Gasteiger charge is -2.36. The third-order valence-electron chi connectivity index (χ3n) is 3.99. The minimum absolute atomic E-state index is 0.0180. The lowest BCUT2D eigenvalue weighted by Crippen LogP contribution is -2.37. The van der Waals surface area contributed by atoms with E-state index in [0.29, 0.717) is 6.61 Å². The minimum Gasteiger partial charge on any atom is -0.466 e. The predicted molar refractivity (Wildman–Crippen MR) is 58.5 cm³/mol. The van der Waals surface area contributed by atoms with E-state index >= 15 is 0 Å². The molecular weight excluding hydrogens is 190 g/mol. The summed E-state index contributed by atoms with van der Waals surface area (Å²) in [4.78, 5) is 11.9. The van der Waals surface area contributed by atoms with Crippen molar-refractivity contribution < 1.29 is 9.53 Å². The Morgan fingerprint density at radius 2 is 2.13 bits per heavy atom. The Hall–Kier alpha value is -0.570. The first kappa shape index (κ1) is 10.9. The van der Waals surface area contributed by atoms with Crippen LogP contribution in [0.15, 0.2) is 0 Å². The number of nitrogens with one attached hydrogen (secondary N) is 1. The molecule has 3 nitrogen and oxygen atoms in total. The summed E-state index contributed by atoms with van der Waals surface area (Å²) in [6.45, 7) is 4.22. The Labute approximate surface area is 91.6 Å². The van der Waals surface area contributed by atoms with Crippen molar-refractivity contribution in [1.82, 2.24) is 5.32 Å². The number of rotatable bonds is 2. The summed E-state index contributed by atoms with van der Waals surface area (Å²) in [7, 11) is 0. The lowest BCUT2D eigenvalue weighted by atomic mass is 9.68. The Kier molecular flexibility index (Phi) is 3.29. The third-order valence-corrected chi connectivity index (χ3v) is 3.99. The van der Waals surface area contributed by atoms with Crippen molar-refractivity contribution in [1.29, 1.82) is 0 Å². The van der Waals surface area contributed by atoms with E-state index in [1.807, 2.05) is 6.92 Å². The van der Waals surface area contributed by atoms with E-state index in [1.165, 1.54) is 32.1 Å². The summed E-state index contributed by atoms with van der Waals surface area (Å²) in [6.07, 6.45) is 6.28. The molecule has 0 radical (unpaired) electrons. The smallest absolute Gasteiger partial charge is 0.310 e. The molecule has 1 aliphatic heterocycles. The molecule has 0 aromatic rings. The monoisotopic (exact) mass is 211 g/mol. The van der Waals surface area contributed by atoms with Crippen LogP contribution >= 0.6 is 0 Å². The van der Waals surface area contributed by atoms with E-state index in [-0.39, 0.29) is 17.3 Å². The number of hydrogen-bond acceptors (Lipinski definition) is 3. The predicted octanol–water partition coefficient (Wildman–Crippen LogP) is 1.72. The van der Waals surface area contributed by atoms with Crippen LogP contribution in [0.3, 0.4) is 0 Å². The molecule has 0 aromatic heterocycles. The van der Waals surface area contributed by atoms with Crippen LogP contribution in [0.2, 0.25) is 0 Å². The van der Waals surface area contributed by atoms with Crippen molar-refractivity contribution in [3.8, 4) is 0 Å². The van der Waals surface area contributed by atoms with Crippen LogP contribution in [0.25, 0.3) is 0 Å². The normalized spacial score (nSPS) is 29.3. The van der Waals surface area contributed by atoms with Crippen LogP contribution in [-0.2, 0) is 9.53 Å². The van der Waals surface area contributed by atoms with Gasteiger partial charge in [-0.05, 0) is 25.2 Å². The zero-order valence-electron chi connectivity index (χ0n) is 9.55. The summed E-state index contributed by atoms with van der Waals surface area (Å²) >= 11 is 0. The van der Waals surface area contributed by atoms with Gasteiger partial charge in [0.25, 0.3) is 0 Å². The molecule has 1 spiro atoms. The lowest BCUT2D eigenvalue weighted by molar-refractivity contribution is -0.151. The zero-order chi connectivity index (χ0) is 10.7. The molecule has 0 unspecified atom stereocenters. The zero-order valence-corrected chi connectivity index (χ0v) is 9.55. The van der Waals surface area contributed by atoms with Crippen LogP contribution in [0.4, 0.5) is 0 Å². The van der Waals surface area contributed by atoms with Crippen molar-refractivity contribution in [3.63, 3.8) is 0 Å². The molecule has 15 heavy (non-hydrogen) atoms. The first-order valence-electron chi connectivity index (χ1n) is 6.16. The summed E-state index contributed by atoms with van der Waals surface area (Å²) in [6, 6.07) is 0. The molecule has 86 valence electrons. The highest BCUT2D eigenvalue weighted by molar-refractivity contribution is 5.74. The minimum atomic E-state index is 0.0180. The van der Waals surface area contributed by atoms with Crippen LogP contribution < -0.4 is 5.32 Å². The van der Waals surface area contributed by atoms with E-state index in [2.05, 4.69) is 5.32 Å². The Balaban J connectivity index is 2.06. The van der Waals surface area contributed by atoms with Gasteiger partial charge in [-0.15, -0.1) is 0 Å². The molecule has 1 heterocycles. The summed E-state index contributed by atoms with van der Waals surface area (Å²) < 4.78 is 5.17. The third kappa shape index (κ3) is 2.03. The van der Waals surface area contributed by atoms with Gasteiger partial charge in [-0.3, -0.25) is 4.79 Å². The molecule has 2 fully saturated rings. The topological polar surface area (TPSA) is 38.3 Å². The van der Waals surface area contributed by atoms with Crippen molar-refractivity contribution in [2.45, 2.75) is 39.0 Å². The van der Waals surface area contributed by atoms with Gasteiger partial charge in [-0.2, -0.15) is 0 Å². The quantitative estimate of drug-likeness (QED) is 0.707. The fraction of sp³-hybridized carbons (Fsp3) is 0.917. The molecular formula is C12H21NO2. The summed E-state index contributed by atoms with van der Waals surface area (Å²) in [5.74, 6) is 0.127. The fourth-order valence-electron chi connectivity index (χ4n) is 3.16. The van der Waals surface area contributed by atoms with Crippen LogP contribution in [0.1, 0.15) is 39.0 Å². The highest BCUT2D eigenvalue weighted by atomic mass is 16.5. The molecule has 1 atom stereocenters. The van der Waals surface area contributed by atoms with Crippen LogP contribution in [0, 0.1) is 11.3 Å². The molecule has 2 aliphatic rings. The van der Waals surface area contributed by atoms with Gasteiger partial charge in [-0.1, -0.05) is 19.3 Å². The molecule has 1 saturated carbocycles. The molecule has 2 rings (SSSR count). The Bertz CT molecular complexity index is 234. The molecule has 0 bridgehead atoms. The highest BCUT2D eigenvalue weighted by Gasteiger charge is 2.47. The van der Waals surface area contributed by atoms with E-state index in [9.17, 15) is 4.79 Å². The van der Waals surface area contributed by atoms with E-state index in [4.69, 9.17) is 4.74 Å². The van der Waals surface area contributed by atoms with Gasteiger partial charge in [0.15, 0.2) is 0 Å². The van der Waals surface area contributed by atoms with Gasteiger partial charge in [-0.25, -0.2) is 0 Å². The molecule has 1 aliphatic carbocycles. The molecule has 1 saturated heterocycles. The number of esters is 1. The molecule has 0 amide bonds. The maximum atomic E-state index is 11.9.